The Labute approximate surface area is 169 Å². The van der Waals surface area contributed by atoms with E-state index in [1.807, 2.05) is 31.3 Å². The van der Waals surface area contributed by atoms with Crippen molar-refractivity contribution in [3.63, 3.8) is 0 Å². The fourth-order valence-electron chi connectivity index (χ4n) is 3.41. The number of methoxy groups -OCH3 is 1. The molecule has 29 heavy (non-hydrogen) atoms. The Kier molecular flexibility index (Phi) is 4.89. The number of carbonyl (C=O) groups excluding carboxylic acids is 1. The highest BCUT2D eigenvalue weighted by molar-refractivity contribution is 6.15. The van der Waals surface area contributed by atoms with Gasteiger partial charge in [0, 0.05) is 35.3 Å². The average Bonchev–Trinajstić information content (AvgIpc) is 3.23. The van der Waals surface area contributed by atoms with Crippen molar-refractivity contribution in [2.24, 2.45) is 0 Å². The minimum atomic E-state index is -0.133. The highest BCUT2D eigenvalue weighted by Crippen LogP contribution is 2.36. The Morgan fingerprint density at radius 2 is 2.00 bits per heavy atom. The molecule has 3 aromatic rings. The minimum absolute atomic E-state index is 0.133. The lowest BCUT2D eigenvalue weighted by atomic mass is 10.1. The summed E-state index contributed by atoms with van der Waals surface area (Å²) in [5.74, 6) is 2.10. The molecule has 0 N–H and O–H groups in total. The molecule has 5 nitrogen and oxygen atoms in total. The second kappa shape index (κ2) is 7.51. The summed E-state index contributed by atoms with van der Waals surface area (Å²) in [6, 6.07) is 11.2. The molecule has 4 rings (SSSR count). The molecule has 0 bridgehead atoms. The van der Waals surface area contributed by atoms with Gasteiger partial charge in [-0.1, -0.05) is 6.58 Å². The molecule has 0 unspecified atom stereocenters. The molecular weight excluding hydrogens is 366 g/mol. The molecule has 1 aliphatic rings. The van der Waals surface area contributed by atoms with Crippen LogP contribution in [0.2, 0.25) is 0 Å². The maximum atomic E-state index is 12.8. The first-order valence-corrected chi connectivity index (χ1v) is 9.52. The topological polar surface area (TPSA) is 49.7 Å². The quantitative estimate of drug-likeness (QED) is 0.427. The van der Waals surface area contributed by atoms with E-state index in [0.29, 0.717) is 29.4 Å². The van der Waals surface area contributed by atoms with Crippen molar-refractivity contribution in [3.05, 3.63) is 71.6 Å². The molecule has 0 radical (unpaired) electrons. The number of ketones is 1. The molecule has 0 fully saturated rings. The van der Waals surface area contributed by atoms with Gasteiger partial charge in [0.05, 0.1) is 12.7 Å². The lowest BCUT2D eigenvalue weighted by Crippen LogP contribution is -1.98. The third-order valence-electron chi connectivity index (χ3n) is 4.87. The zero-order chi connectivity index (χ0) is 20.5. The third-order valence-corrected chi connectivity index (χ3v) is 4.87. The van der Waals surface area contributed by atoms with E-state index in [2.05, 4.69) is 18.1 Å². The van der Waals surface area contributed by atoms with Crippen molar-refractivity contribution in [1.82, 2.24) is 4.57 Å². The summed E-state index contributed by atoms with van der Waals surface area (Å²) in [4.78, 5) is 12.8. The maximum absolute atomic E-state index is 12.8. The van der Waals surface area contributed by atoms with Crippen LogP contribution in [0.3, 0.4) is 0 Å². The lowest BCUT2D eigenvalue weighted by molar-refractivity contribution is 0.101. The van der Waals surface area contributed by atoms with E-state index in [1.165, 1.54) is 0 Å². The summed E-state index contributed by atoms with van der Waals surface area (Å²) in [5.41, 5.74) is 3.45. The summed E-state index contributed by atoms with van der Waals surface area (Å²) in [5, 5.41) is 1.01. The zero-order valence-electron chi connectivity index (χ0n) is 16.8. The van der Waals surface area contributed by atoms with Gasteiger partial charge in [-0.15, -0.1) is 0 Å². The van der Waals surface area contributed by atoms with E-state index in [-0.39, 0.29) is 5.78 Å². The van der Waals surface area contributed by atoms with Gasteiger partial charge in [-0.3, -0.25) is 4.79 Å². The number of hydrogen-bond donors (Lipinski definition) is 0. The van der Waals surface area contributed by atoms with Gasteiger partial charge >= 0.3 is 0 Å². The number of aryl methyl sites for hydroxylation is 1. The predicted octanol–water partition coefficient (Wildman–Crippen LogP) is 5.24. The van der Waals surface area contributed by atoms with E-state index in [1.54, 1.807) is 31.4 Å². The molecule has 2 aromatic carbocycles. The van der Waals surface area contributed by atoms with Crippen LogP contribution in [0.25, 0.3) is 17.0 Å². The smallest absolute Gasteiger partial charge is 0.231 e. The molecule has 0 atom stereocenters. The minimum Gasteiger partial charge on any atom is -0.497 e. The number of hydrogen-bond acceptors (Lipinski definition) is 4. The van der Waals surface area contributed by atoms with Crippen LogP contribution in [0.4, 0.5) is 0 Å². The first-order valence-electron chi connectivity index (χ1n) is 9.52. The molecule has 148 valence electrons. The van der Waals surface area contributed by atoms with Crippen LogP contribution in [-0.2, 0) is 6.54 Å². The highest BCUT2D eigenvalue weighted by Gasteiger charge is 2.28. The number of rotatable bonds is 6. The van der Waals surface area contributed by atoms with Crippen molar-refractivity contribution in [2.75, 3.05) is 13.7 Å². The number of aromatic nitrogens is 1. The Morgan fingerprint density at radius 1 is 1.21 bits per heavy atom. The van der Waals surface area contributed by atoms with Gasteiger partial charge in [0.25, 0.3) is 0 Å². The molecule has 2 heterocycles. The van der Waals surface area contributed by atoms with Gasteiger partial charge < -0.3 is 18.8 Å². The number of allylic oxidation sites excluding steroid dienone is 1. The molecule has 1 aromatic heterocycles. The maximum Gasteiger partial charge on any atom is 0.231 e. The number of Topliss-reactive ketones (excluding diaryl/α,β-unsaturated/α-hetero) is 1. The van der Waals surface area contributed by atoms with Crippen molar-refractivity contribution in [1.29, 1.82) is 0 Å². The van der Waals surface area contributed by atoms with E-state index in [4.69, 9.17) is 14.2 Å². The van der Waals surface area contributed by atoms with Crippen LogP contribution in [0.5, 0.6) is 17.2 Å². The Balaban J connectivity index is 1.70. The summed E-state index contributed by atoms with van der Waals surface area (Å²) >= 11 is 0. The molecule has 0 aliphatic carbocycles. The van der Waals surface area contributed by atoms with Crippen LogP contribution in [0.1, 0.15) is 29.8 Å². The first-order chi connectivity index (χ1) is 14.0. The summed E-state index contributed by atoms with van der Waals surface area (Å²) in [6.07, 6.45) is 3.82. The number of fused-ring (bicyclic) bond motifs is 2. The average molecular weight is 389 g/mol. The molecule has 5 heteroatoms. The standard InChI is InChI=1S/C24H23NO4/c1-5-25-13-16(20-11-17(27-4)7-9-21(20)25)10-23-24(26)19-8-6-18(12-22(19)29-23)28-14-15(2)3/h6-13H,2,5,14H2,1,3-4H3/b23-10-. The van der Waals surface area contributed by atoms with Gasteiger partial charge in [0.1, 0.15) is 23.9 Å². The number of ether oxygens (including phenoxy) is 3. The fraction of sp³-hybridized carbons (Fsp3) is 0.208. The monoisotopic (exact) mass is 389 g/mol. The van der Waals surface area contributed by atoms with Crippen LogP contribution in [-0.4, -0.2) is 24.1 Å². The number of carbonyl (C=O) groups is 1. The molecule has 0 amide bonds. The van der Waals surface area contributed by atoms with Crippen molar-refractivity contribution in [3.8, 4) is 17.2 Å². The van der Waals surface area contributed by atoms with Crippen molar-refractivity contribution in [2.45, 2.75) is 20.4 Å². The molecular formula is C24H23NO4. The molecule has 0 saturated heterocycles. The Bertz CT molecular complexity index is 1150. The largest absolute Gasteiger partial charge is 0.497 e. The van der Waals surface area contributed by atoms with Gasteiger partial charge in [0.2, 0.25) is 5.78 Å². The SMILES string of the molecule is C=C(C)COc1ccc2c(c1)O/C(=C\c1cn(CC)c3ccc(OC)cc13)C2=O. The second-order valence-electron chi connectivity index (χ2n) is 7.10. The summed E-state index contributed by atoms with van der Waals surface area (Å²) in [6.45, 7) is 9.06. The second-order valence-corrected chi connectivity index (χ2v) is 7.10. The van der Waals surface area contributed by atoms with Gasteiger partial charge in [0.15, 0.2) is 5.76 Å². The molecule has 1 aliphatic heterocycles. The van der Waals surface area contributed by atoms with E-state index >= 15 is 0 Å². The number of nitrogens with zero attached hydrogens (tertiary/aromatic N) is 1. The normalized spacial score (nSPS) is 14.2. The third kappa shape index (κ3) is 3.51. The summed E-state index contributed by atoms with van der Waals surface area (Å²) < 4.78 is 19.0. The van der Waals surface area contributed by atoms with Crippen LogP contribution in [0, 0.1) is 0 Å². The van der Waals surface area contributed by atoms with E-state index in [9.17, 15) is 4.79 Å². The van der Waals surface area contributed by atoms with Crippen LogP contribution in [0.15, 0.2) is 60.5 Å². The predicted molar refractivity (Wildman–Crippen MR) is 114 cm³/mol. The van der Waals surface area contributed by atoms with E-state index in [0.717, 1.165) is 34.3 Å². The first kappa shape index (κ1) is 18.9. The van der Waals surface area contributed by atoms with Gasteiger partial charge in [-0.25, -0.2) is 0 Å². The fourth-order valence-corrected chi connectivity index (χ4v) is 3.41. The van der Waals surface area contributed by atoms with Crippen molar-refractivity contribution < 1.29 is 19.0 Å². The Morgan fingerprint density at radius 3 is 2.72 bits per heavy atom. The summed E-state index contributed by atoms with van der Waals surface area (Å²) in [7, 11) is 1.64. The Hall–Kier alpha value is -3.47. The zero-order valence-corrected chi connectivity index (χ0v) is 16.8. The highest BCUT2D eigenvalue weighted by atomic mass is 16.5. The number of benzene rings is 2. The van der Waals surface area contributed by atoms with Crippen LogP contribution >= 0.6 is 0 Å². The lowest BCUT2D eigenvalue weighted by Gasteiger charge is -2.06. The van der Waals surface area contributed by atoms with Gasteiger partial charge in [-0.2, -0.15) is 0 Å². The van der Waals surface area contributed by atoms with Crippen LogP contribution < -0.4 is 14.2 Å². The van der Waals surface area contributed by atoms with Gasteiger partial charge in [-0.05, 0) is 55.8 Å². The molecule has 0 spiro atoms. The van der Waals surface area contributed by atoms with E-state index < -0.39 is 0 Å². The van der Waals surface area contributed by atoms with Crippen molar-refractivity contribution >= 4 is 22.8 Å². The molecule has 0 saturated carbocycles.